The van der Waals surface area contributed by atoms with E-state index in [-0.39, 0.29) is 24.5 Å². The van der Waals surface area contributed by atoms with E-state index in [0.29, 0.717) is 12.3 Å². The van der Waals surface area contributed by atoms with Gasteiger partial charge in [-0.05, 0) is 54.9 Å². The number of carbonyl (C=O) groups is 1. The van der Waals surface area contributed by atoms with Gasteiger partial charge >= 0.3 is 6.18 Å². The number of nitrogens with one attached hydrogen (secondary N) is 2. The molecule has 0 unspecified atom stereocenters. The monoisotopic (exact) mass is 476 g/mol. The molecule has 1 aliphatic heterocycles. The number of ether oxygens (including phenoxy) is 1. The number of nitrogens with zero attached hydrogens (tertiary/aromatic N) is 2. The molecule has 9 heteroatoms. The van der Waals surface area contributed by atoms with Crippen LogP contribution in [-0.2, 0) is 36.3 Å². The van der Waals surface area contributed by atoms with Gasteiger partial charge in [-0.25, -0.2) is 4.68 Å². The number of aromatic nitrogens is 2. The van der Waals surface area contributed by atoms with E-state index in [2.05, 4.69) is 10.6 Å². The number of carbonyl (C=O) groups excluding carboxylic acids is 1. The summed E-state index contributed by atoms with van der Waals surface area (Å²) in [6.07, 6.45) is 1.16. The summed E-state index contributed by atoms with van der Waals surface area (Å²) in [5.41, 5.74) is 4.24. The maximum Gasteiger partial charge on any atom is 0.389 e. The Labute approximate surface area is 197 Å². The number of alkyl halides is 3. The molecule has 1 aromatic carbocycles. The normalized spacial score (nSPS) is 21.4. The summed E-state index contributed by atoms with van der Waals surface area (Å²) in [4.78, 5) is 11.8. The topological polar surface area (TPSA) is 68.2 Å². The number of hydrogen-bond donors (Lipinski definition) is 2. The lowest BCUT2D eigenvalue weighted by molar-refractivity contribution is -0.136. The number of fused-ring (bicyclic) bond motifs is 3. The van der Waals surface area contributed by atoms with Crippen molar-refractivity contribution in [3.63, 3.8) is 0 Å². The lowest BCUT2D eigenvalue weighted by atomic mass is 9.83. The van der Waals surface area contributed by atoms with Crippen LogP contribution in [0.5, 0.6) is 5.75 Å². The largest absolute Gasteiger partial charge is 0.494 e. The third kappa shape index (κ3) is 4.94. The molecule has 5 rings (SSSR count). The van der Waals surface area contributed by atoms with E-state index in [1.54, 1.807) is 0 Å². The second-order valence-corrected chi connectivity index (χ2v) is 9.91. The average molecular weight is 477 g/mol. The maximum absolute atomic E-state index is 12.3. The molecule has 34 heavy (non-hydrogen) atoms. The molecular formula is C25H31F3N4O2. The zero-order valence-electron chi connectivity index (χ0n) is 19.4. The zero-order chi connectivity index (χ0) is 23.9. The molecule has 0 saturated heterocycles. The molecule has 3 aliphatic rings. The summed E-state index contributed by atoms with van der Waals surface area (Å²) in [6, 6.07) is 5.86. The van der Waals surface area contributed by atoms with Gasteiger partial charge in [-0.2, -0.15) is 18.3 Å². The van der Waals surface area contributed by atoms with Crippen LogP contribution in [0.4, 0.5) is 19.0 Å². The first-order chi connectivity index (χ1) is 16.2. The Morgan fingerprint density at radius 2 is 2.18 bits per heavy atom. The molecule has 1 atom stereocenters. The zero-order valence-corrected chi connectivity index (χ0v) is 19.4. The van der Waals surface area contributed by atoms with Gasteiger partial charge in [0.1, 0.15) is 11.6 Å². The molecule has 2 N–H and O–H groups in total. The van der Waals surface area contributed by atoms with Crippen LogP contribution >= 0.6 is 0 Å². The molecule has 0 bridgehead atoms. The van der Waals surface area contributed by atoms with Crippen molar-refractivity contribution in [2.75, 3.05) is 11.9 Å². The fraction of sp³-hybridized carbons (Fsp3) is 0.600. The van der Waals surface area contributed by atoms with Gasteiger partial charge in [0, 0.05) is 44.0 Å². The number of amides is 1. The minimum Gasteiger partial charge on any atom is -0.494 e. The third-order valence-corrected chi connectivity index (χ3v) is 7.23. The van der Waals surface area contributed by atoms with Crippen LogP contribution in [0.2, 0.25) is 0 Å². The molecule has 2 heterocycles. The van der Waals surface area contributed by atoms with Crippen LogP contribution in [0, 0.1) is 5.92 Å². The summed E-state index contributed by atoms with van der Waals surface area (Å²) in [7, 11) is 0. The van der Waals surface area contributed by atoms with Crippen molar-refractivity contribution in [1.29, 1.82) is 0 Å². The molecule has 2 aromatic rings. The van der Waals surface area contributed by atoms with E-state index in [4.69, 9.17) is 9.84 Å². The Balaban J connectivity index is 1.31. The summed E-state index contributed by atoms with van der Waals surface area (Å²) in [5, 5.41) is 11.7. The van der Waals surface area contributed by atoms with Crippen molar-refractivity contribution in [1.82, 2.24) is 15.1 Å². The predicted molar refractivity (Wildman–Crippen MR) is 122 cm³/mol. The molecule has 1 spiro atoms. The van der Waals surface area contributed by atoms with Gasteiger partial charge in [0.15, 0.2) is 0 Å². The standard InChI is InChI=1S/C25H31F3N4O2/c1-16(33)30-23-20-15-29-24(14-22(20)31-32(23)11-8-17-3-4-17)10-7-18-13-19(5-6-21(18)24)34-12-2-9-25(26,27)28/h5-6,13,17,29H,2-4,7-12,14-15H2,1H3,(H,30,33)/t24-/m0/s1. The highest BCUT2D eigenvalue weighted by molar-refractivity contribution is 5.88. The second kappa shape index (κ2) is 8.91. The molecule has 184 valence electrons. The fourth-order valence-electron chi connectivity index (χ4n) is 5.31. The number of benzene rings is 1. The molecule has 1 amide bonds. The third-order valence-electron chi connectivity index (χ3n) is 7.23. The van der Waals surface area contributed by atoms with Gasteiger partial charge < -0.3 is 15.4 Å². The number of halogens is 3. The van der Waals surface area contributed by atoms with Gasteiger partial charge in [0.25, 0.3) is 0 Å². The molecule has 0 radical (unpaired) electrons. The van der Waals surface area contributed by atoms with Gasteiger partial charge in [-0.1, -0.05) is 18.9 Å². The second-order valence-electron chi connectivity index (χ2n) is 9.91. The lowest BCUT2D eigenvalue weighted by Gasteiger charge is -2.35. The molecule has 2 aliphatic carbocycles. The Morgan fingerprint density at radius 3 is 2.91 bits per heavy atom. The molecule has 1 saturated carbocycles. The molecular weight excluding hydrogens is 445 g/mol. The van der Waals surface area contributed by atoms with Crippen LogP contribution in [0.1, 0.15) is 67.8 Å². The first-order valence-corrected chi connectivity index (χ1v) is 12.2. The van der Waals surface area contributed by atoms with E-state index >= 15 is 0 Å². The quantitative estimate of drug-likeness (QED) is 0.535. The summed E-state index contributed by atoms with van der Waals surface area (Å²) < 4.78 is 44.6. The first-order valence-electron chi connectivity index (χ1n) is 12.2. The number of aryl methyl sites for hydroxylation is 2. The number of anilines is 1. The Hall–Kier alpha value is -2.55. The average Bonchev–Trinajstić information content (AvgIpc) is 3.47. The highest BCUT2D eigenvalue weighted by atomic mass is 19.4. The lowest BCUT2D eigenvalue weighted by Crippen LogP contribution is -2.45. The van der Waals surface area contributed by atoms with Crippen LogP contribution in [0.3, 0.4) is 0 Å². The molecule has 1 fully saturated rings. The summed E-state index contributed by atoms with van der Waals surface area (Å²) >= 11 is 0. The van der Waals surface area contributed by atoms with E-state index in [0.717, 1.165) is 55.2 Å². The van der Waals surface area contributed by atoms with Crippen LogP contribution in [-0.4, -0.2) is 28.5 Å². The maximum atomic E-state index is 12.3. The van der Waals surface area contributed by atoms with E-state index < -0.39 is 12.6 Å². The van der Waals surface area contributed by atoms with Crippen LogP contribution < -0.4 is 15.4 Å². The minimum absolute atomic E-state index is 0.0467. The Bertz CT molecular complexity index is 1080. The van der Waals surface area contributed by atoms with Crippen molar-refractivity contribution in [2.45, 2.75) is 83.1 Å². The van der Waals surface area contributed by atoms with Crippen molar-refractivity contribution in [3.8, 4) is 5.75 Å². The summed E-state index contributed by atoms with van der Waals surface area (Å²) in [5.74, 6) is 2.12. The van der Waals surface area contributed by atoms with Crippen molar-refractivity contribution >= 4 is 11.7 Å². The fourth-order valence-corrected chi connectivity index (χ4v) is 5.31. The highest BCUT2D eigenvalue weighted by Crippen LogP contribution is 2.44. The van der Waals surface area contributed by atoms with Gasteiger partial charge in [0.2, 0.25) is 5.91 Å². The predicted octanol–water partition coefficient (Wildman–Crippen LogP) is 4.85. The minimum atomic E-state index is -4.15. The Morgan fingerprint density at radius 1 is 1.35 bits per heavy atom. The number of hydrogen-bond acceptors (Lipinski definition) is 4. The SMILES string of the molecule is CC(=O)Nc1c2c(nn1CCC1CC1)C[C@]1(CCc3cc(OCCCC(F)(F)F)ccc31)NC2. The van der Waals surface area contributed by atoms with Gasteiger partial charge in [0.05, 0.1) is 12.3 Å². The first kappa shape index (κ1) is 23.2. The van der Waals surface area contributed by atoms with Crippen molar-refractivity contribution in [2.24, 2.45) is 5.92 Å². The Kier molecular flexibility index (Phi) is 6.08. The molecule has 1 aromatic heterocycles. The van der Waals surface area contributed by atoms with Crippen LogP contribution in [0.25, 0.3) is 0 Å². The summed E-state index contributed by atoms with van der Waals surface area (Å²) in [6.45, 7) is 3.02. The number of rotatable bonds is 8. The highest BCUT2D eigenvalue weighted by Gasteiger charge is 2.43. The van der Waals surface area contributed by atoms with Gasteiger partial charge in [-0.15, -0.1) is 0 Å². The van der Waals surface area contributed by atoms with Crippen LogP contribution in [0.15, 0.2) is 18.2 Å². The molecule has 6 nitrogen and oxygen atoms in total. The van der Waals surface area contributed by atoms with Crippen molar-refractivity contribution < 1.29 is 22.7 Å². The van der Waals surface area contributed by atoms with Gasteiger partial charge in [-0.3, -0.25) is 4.79 Å². The van der Waals surface area contributed by atoms with E-state index in [1.165, 1.54) is 30.9 Å². The van der Waals surface area contributed by atoms with E-state index in [1.807, 2.05) is 22.9 Å². The smallest absolute Gasteiger partial charge is 0.389 e. The van der Waals surface area contributed by atoms with Crippen molar-refractivity contribution in [3.05, 3.63) is 40.6 Å². The van der Waals surface area contributed by atoms with E-state index in [9.17, 15) is 18.0 Å².